The number of hydrogen-bond acceptors (Lipinski definition) is 7. The van der Waals surface area contributed by atoms with E-state index in [0.717, 1.165) is 4.90 Å². The summed E-state index contributed by atoms with van der Waals surface area (Å²) in [5, 5.41) is 19.0. The molecule has 0 saturated heterocycles. The van der Waals surface area contributed by atoms with Crippen molar-refractivity contribution in [3.05, 3.63) is 117 Å². The predicted octanol–water partition coefficient (Wildman–Crippen LogP) is 5.30. The van der Waals surface area contributed by atoms with Gasteiger partial charge in [-0.2, -0.15) is 0 Å². The van der Waals surface area contributed by atoms with Crippen LogP contribution < -0.4 is 9.80 Å². The van der Waals surface area contributed by atoms with Crippen LogP contribution in [0.25, 0.3) is 0 Å². The summed E-state index contributed by atoms with van der Waals surface area (Å²) in [6, 6.07) is 18.0. The highest BCUT2D eigenvalue weighted by atomic mass is 32.2. The summed E-state index contributed by atoms with van der Waals surface area (Å²) >= 11 is 1.28. The van der Waals surface area contributed by atoms with Gasteiger partial charge in [-0.15, -0.1) is 12.8 Å². The van der Waals surface area contributed by atoms with Crippen molar-refractivity contribution in [3.63, 3.8) is 0 Å². The SMILES string of the molecule is C#Cc1cc(C(=O)O)cc(N2C(=O)c3ccc(Sc4ccc5c(c4)C(OC)N(c4cc(C#C)cc(C(=O)O)c4)C5=O)cc3C2=O)c1. The minimum Gasteiger partial charge on any atom is -0.478 e. The van der Waals surface area contributed by atoms with Crippen LogP contribution in [0.5, 0.6) is 0 Å². The summed E-state index contributed by atoms with van der Waals surface area (Å²) in [7, 11) is 1.43. The van der Waals surface area contributed by atoms with Crippen LogP contribution in [0.3, 0.4) is 0 Å². The molecular weight excluding hydrogens is 608 g/mol. The van der Waals surface area contributed by atoms with E-state index in [9.17, 15) is 34.2 Å². The zero-order valence-electron chi connectivity index (χ0n) is 23.8. The van der Waals surface area contributed by atoms with Gasteiger partial charge in [-0.05, 0) is 72.8 Å². The molecule has 3 amide bonds. The lowest BCUT2D eigenvalue weighted by Gasteiger charge is -2.24. The number of amides is 3. The highest BCUT2D eigenvalue weighted by molar-refractivity contribution is 7.99. The first-order chi connectivity index (χ1) is 22.0. The third kappa shape index (κ3) is 4.96. The van der Waals surface area contributed by atoms with Crippen molar-refractivity contribution in [3.8, 4) is 24.7 Å². The second-order valence-electron chi connectivity index (χ2n) is 10.2. The standard InChI is InChI=1S/C35H20N2O8S/c1-4-18-10-20(34(41)42)14-22(12-18)36-30(38)26-8-6-24(16-28(26)32(36)40)46-25-7-9-27-29(17-25)33(45-3)37(31(27)39)23-13-19(5-2)11-21(15-23)35(43)44/h1-2,6-17,33H,3H3,(H,41,42)(H,43,44). The predicted molar refractivity (Wildman–Crippen MR) is 167 cm³/mol. The van der Waals surface area contributed by atoms with Crippen LogP contribution in [0, 0.1) is 24.7 Å². The van der Waals surface area contributed by atoms with E-state index in [2.05, 4.69) is 11.8 Å². The van der Waals surface area contributed by atoms with Crippen molar-refractivity contribution >= 4 is 52.8 Å². The number of nitrogens with zero attached hydrogens (tertiary/aromatic N) is 2. The summed E-state index contributed by atoms with van der Waals surface area (Å²) in [6.45, 7) is 0. The Balaban J connectivity index is 1.30. The monoisotopic (exact) mass is 628 g/mol. The van der Waals surface area contributed by atoms with Crippen LogP contribution in [0.2, 0.25) is 0 Å². The van der Waals surface area contributed by atoms with E-state index in [1.165, 1.54) is 66.2 Å². The van der Waals surface area contributed by atoms with Gasteiger partial charge in [0.1, 0.15) is 0 Å². The molecule has 1 unspecified atom stereocenters. The van der Waals surface area contributed by atoms with E-state index < -0.39 is 35.9 Å². The van der Waals surface area contributed by atoms with Gasteiger partial charge < -0.3 is 14.9 Å². The molecule has 0 fully saturated rings. The smallest absolute Gasteiger partial charge is 0.335 e. The van der Waals surface area contributed by atoms with Gasteiger partial charge in [-0.1, -0.05) is 23.6 Å². The fourth-order valence-corrected chi connectivity index (χ4v) is 6.33. The number of anilines is 2. The number of carboxylic acid groups (broad SMARTS) is 2. The summed E-state index contributed by atoms with van der Waals surface area (Å²) in [4.78, 5) is 67.0. The van der Waals surface area contributed by atoms with Gasteiger partial charge in [0.05, 0.1) is 27.9 Å². The molecule has 0 aromatic heterocycles. The molecule has 4 aromatic carbocycles. The number of aromatic carboxylic acids is 2. The molecule has 0 saturated carbocycles. The number of terminal acetylenes is 2. The Hall–Kier alpha value is -6.14. The quantitative estimate of drug-likeness (QED) is 0.206. The number of carbonyl (C=O) groups excluding carboxylic acids is 3. The van der Waals surface area contributed by atoms with Gasteiger partial charge in [0.2, 0.25) is 0 Å². The molecule has 11 heteroatoms. The Morgan fingerprint density at radius 3 is 1.85 bits per heavy atom. The first-order valence-corrected chi connectivity index (χ1v) is 14.3. The first-order valence-electron chi connectivity index (χ1n) is 13.5. The zero-order chi connectivity index (χ0) is 32.9. The second kappa shape index (κ2) is 11.4. The van der Waals surface area contributed by atoms with Crippen molar-refractivity contribution < 1.29 is 38.9 Å². The van der Waals surface area contributed by atoms with Crippen LogP contribution in [0.15, 0.2) is 82.6 Å². The lowest BCUT2D eigenvalue weighted by Crippen LogP contribution is -2.29. The van der Waals surface area contributed by atoms with Crippen LogP contribution in [0.4, 0.5) is 11.4 Å². The van der Waals surface area contributed by atoms with Crippen LogP contribution in [0.1, 0.15) is 74.7 Å². The number of rotatable bonds is 7. The number of carboxylic acids is 2. The summed E-state index contributed by atoms with van der Waals surface area (Å²) in [6.07, 6.45) is 10.1. The lowest BCUT2D eigenvalue weighted by atomic mass is 10.1. The number of carbonyl (C=O) groups is 5. The number of imide groups is 1. The van der Waals surface area contributed by atoms with Gasteiger partial charge in [0, 0.05) is 44.8 Å². The normalized spacial score (nSPS) is 14.9. The van der Waals surface area contributed by atoms with Crippen LogP contribution in [-0.2, 0) is 4.74 Å². The average Bonchev–Trinajstić information content (AvgIpc) is 3.48. The molecule has 2 N–H and O–H groups in total. The van der Waals surface area contributed by atoms with Crippen molar-refractivity contribution in [2.45, 2.75) is 16.0 Å². The molecule has 1 atom stereocenters. The third-order valence-corrected chi connectivity index (χ3v) is 8.47. The molecule has 0 radical (unpaired) electrons. The molecule has 0 bridgehead atoms. The van der Waals surface area contributed by atoms with Crippen molar-refractivity contribution in [2.24, 2.45) is 0 Å². The molecular formula is C35H20N2O8S. The van der Waals surface area contributed by atoms with Crippen molar-refractivity contribution in [2.75, 3.05) is 16.9 Å². The van der Waals surface area contributed by atoms with E-state index in [0.29, 0.717) is 26.5 Å². The number of fused-ring (bicyclic) bond motifs is 2. The third-order valence-electron chi connectivity index (χ3n) is 7.49. The maximum atomic E-state index is 13.5. The molecule has 10 nitrogen and oxygen atoms in total. The topological polar surface area (TPSA) is 142 Å². The molecule has 4 aromatic rings. The Bertz CT molecular complexity index is 2140. The van der Waals surface area contributed by atoms with Gasteiger partial charge in [-0.25, -0.2) is 14.5 Å². The maximum Gasteiger partial charge on any atom is 0.335 e. The fraction of sp³-hybridized carbons (Fsp3) is 0.0571. The Morgan fingerprint density at radius 2 is 1.26 bits per heavy atom. The van der Waals surface area contributed by atoms with E-state index in [-0.39, 0.29) is 39.2 Å². The summed E-state index contributed by atoms with van der Waals surface area (Å²) in [5.41, 5.74) is 1.78. The van der Waals surface area contributed by atoms with Gasteiger partial charge in [0.25, 0.3) is 17.7 Å². The van der Waals surface area contributed by atoms with Crippen LogP contribution >= 0.6 is 11.8 Å². The molecule has 2 aliphatic heterocycles. The number of methoxy groups -OCH3 is 1. The molecule has 0 spiro atoms. The fourth-order valence-electron chi connectivity index (χ4n) is 5.42. The molecule has 46 heavy (non-hydrogen) atoms. The minimum atomic E-state index is -1.25. The number of ether oxygens (including phenoxy) is 1. The molecule has 224 valence electrons. The molecule has 2 heterocycles. The minimum absolute atomic E-state index is 0.0509. The van der Waals surface area contributed by atoms with E-state index in [1.807, 2.05) is 0 Å². The van der Waals surface area contributed by atoms with Crippen molar-refractivity contribution in [1.82, 2.24) is 0 Å². The lowest BCUT2D eigenvalue weighted by molar-refractivity contribution is 0.0686. The second-order valence-corrected chi connectivity index (χ2v) is 11.4. The number of hydrogen-bond donors (Lipinski definition) is 2. The maximum absolute atomic E-state index is 13.5. The highest BCUT2D eigenvalue weighted by Crippen LogP contribution is 2.42. The average molecular weight is 629 g/mol. The van der Waals surface area contributed by atoms with Gasteiger partial charge in [-0.3, -0.25) is 19.3 Å². The number of benzene rings is 4. The van der Waals surface area contributed by atoms with E-state index >= 15 is 0 Å². The zero-order valence-corrected chi connectivity index (χ0v) is 24.6. The van der Waals surface area contributed by atoms with E-state index in [4.69, 9.17) is 17.6 Å². The van der Waals surface area contributed by atoms with Crippen LogP contribution in [-0.4, -0.2) is 47.0 Å². The first kappa shape index (κ1) is 29.9. The largest absolute Gasteiger partial charge is 0.478 e. The molecule has 6 rings (SSSR count). The van der Waals surface area contributed by atoms with Crippen molar-refractivity contribution in [1.29, 1.82) is 0 Å². The highest BCUT2D eigenvalue weighted by Gasteiger charge is 2.39. The Kier molecular flexibility index (Phi) is 7.42. The Labute approximate surface area is 266 Å². The van der Waals surface area contributed by atoms with Gasteiger partial charge >= 0.3 is 11.9 Å². The summed E-state index contributed by atoms with van der Waals surface area (Å²) < 4.78 is 5.69. The Morgan fingerprint density at radius 1 is 0.717 bits per heavy atom. The summed E-state index contributed by atoms with van der Waals surface area (Å²) in [5.74, 6) is 0.673. The van der Waals surface area contributed by atoms with Gasteiger partial charge in [0.15, 0.2) is 6.23 Å². The molecule has 0 aliphatic carbocycles. The van der Waals surface area contributed by atoms with E-state index in [1.54, 1.807) is 30.3 Å². The molecule has 2 aliphatic rings.